The number of aliphatic imine (C=N–C) groups is 1. The van der Waals surface area contributed by atoms with Gasteiger partial charge in [0.05, 0.1) is 15.6 Å². The van der Waals surface area contributed by atoms with Crippen LogP contribution in [0.4, 0.5) is 32.0 Å². The third-order valence-corrected chi connectivity index (χ3v) is 3.68. The Balaban J connectivity index is 3.48. The van der Waals surface area contributed by atoms with Crippen molar-refractivity contribution in [3.63, 3.8) is 0 Å². The maximum absolute atomic E-state index is 13.4. The summed E-state index contributed by atoms with van der Waals surface area (Å²) in [6.45, 7) is 3.58. The normalized spacial score (nSPS) is 13.3. The lowest BCUT2D eigenvalue weighted by Gasteiger charge is -2.27. The standard InChI is InChI=1S/C15H16Cl2F6N2/c1-3-5-25(6-4-2)13(15(21,22)23)24-12-10(16)7-9(8-11(12)17)14(18,19)20/h7-8H,3-6H2,1-2H3/b24-13+. The van der Waals surface area contributed by atoms with E-state index in [-0.39, 0.29) is 13.1 Å². The summed E-state index contributed by atoms with van der Waals surface area (Å²) in [5.74, 6) is -1.24. The van der Waals surface area contributed by atoms with E-state index in [0.717, 1.165) is 4.90 Å². The van der Waals surface area contributed by atoms with Crippen molar-refractivity contribution in [1.82, 2.24) is 4.90 Å². The minimum absolute atomic E-state index is 0.0854. The molecular formula is C15H16Cl2F6N2. The average Bonchev–Trinajstić information content (AvgIpc) is 2.44. The fourth-order valence-corrected chi connectivity index (χ4v) is 2.69. The van der Waals surface area contributed by atoms with Crippen molar-refractivity contribution in [3.05, 3.63) is 27.7 Å². The molecule has 0 heterocycles. The van der Waals surface area contributed by atoms with E-state index in [2.05, 4.69) is 4.99 Å². The molecule has 10 heteroatoms. The molecule has 0 aromatic heterocycles. The SMILES string of the molecule is CCCN(CCC)/C(=N/c1c(Cl)cc(C(F)(F)F)cc1Cl)C(F)(F)F. The summed E-state index contributed by atoms with van der Waals surface area (Å²) in [6.07, 6.45) is -8.66. The van der Waals surface area contributed by atoms with Gasteiger partial charge in [0, 0.05) is 13.1 Å². The monoisotopic (exact) mass is 408 g/mol. The number of hydrogen-bond donors (Lipinski definition) is 0. The van der Waals surface area contributed by atoms with Gasteiger partial charge in [-0.15, -0.1) is 0 Å². The molecule has 142 valence electrons. The largest absolute Gasteiger partial charge is 0.449 e. The first-order valence-electron chi connectivity index (χ1n) is 7.38. The number of nitrogens with zero attached hydrogens (tertiary/aromatic N) is 2. The van der Waals surface area contributed by atoms with Crippen LogP contribution in [0.15, 0.2) is 17.1 Å². The Morgan fingerprint density at radius 2 is 1.40 bits per heavy atom. The van der Waals surface area contributed by atoms with Gasteiger partial charge in [-0.25, -0.2) is 4.99 Å². The number of amidine groups is 1. The third kappa shape index (κ3) is 5.95. The lowest BCUT2D eigenvalue weighted by Crippen LogP contribution is -2.42. The highest BCUT2D eigenvalue weighted by Gasteiger charge is 2.40. The summed E-state index contributed by atoms with van der Waals surface area (Å²) in [5.41, 5.74) is -1.70. The van der Waals surface area contributed by atoms with E-state index in [0.29, 0.717) is 25.0 Å². The Bertz CT molecular complexity index is 596. The molecule has 1 aromatic rings. The van der Waals surface area contributed by atoms with Crippen LogP contribution in [-0.4, -0.2) is 30.0 Å². The zero-order valence-electron chi connectivity index (χ0n) is 13.4. The molecule has 0 radical (unpaired) electrons. The second-order valence-corrected chi connectivity index (χ2v) is 6.02. The second kappa shape index (κ2) is 8.49. The van der Waals surface area contributed by atoms with Crippen molar-refractivity contribution in [1.29, 1.82) is 0 Å². The fourth-order valence-electron chi connectivity index (χ4n) is 2.12. The Hall–Kier alpha value is -1.15. The molecule has 0 spiro atoms. The molecule has 0 aliphatic rings. The van der Waals surface area contributed by atoms with Crippen LogP contribution in [0, 0.1) is 0 Å². The molecule has 0 fully saturated rings. The van der Waals surface area contributed by atoms with Crippen LogP contribution in [0.25, 0.3) is 0 Å². The Morgan fingerprint density at radius 3 is 1.72 bits per heavy atom. The lowest BCUT2D eigenvalue weighted by molar-refractivity contribution is -0.137. The van der Waals surface area contributed by atoms with Gasteiger partial charge in [-0.2, -0.15) is 26.3 Å². The van der Waals surface area contributed by atoms with Crippen LogP contribution in [0.2, 0.25) is 10.0 Å². The summed E-state index contributed by atoms with van der Waals surface area (Å²) < 4.78 is 78.3. The van der Waals surface area contributed by atoms with E-state index in [1.54, 1.807) is 13.8 Å². The van der Waals surface area contributed by atoms with Crippen LogP contribution in [0.1, 0.15) is 32.3 Å². The van der Waals surface area contributed by atoms with Crippen LogP contribution >= 0.6 is 23.2 Å². The molecule has 0 unspecified atom stereocenters. The lowest BCUT2D eigenvalue weighted by atomic mass is 10.2. The van der Waals surface area contributed by atoms with E-state index in [4.69, 9.17) is 23.2 Å². The minimum Gasteiger partial charge on any atom is -0.353 e. The van der Waals surface area contributed by atoms with Crippen LogP contribution in [0.3, 0.4) is 0 Å². The highest BCUT2D eigenvalue weighted by Crippen LogP contribution is 2.40. The van der Waals surface area contributed by atoms with Gasteiger partial charge in [-0.05, 0) is 25.0 Å². The summed E-state index contributed by atoms with van der Waals surface area (Å²) >= 11 is 11.4. The quantitative estimate of drug-likeness (QED) is 0.299. The molecule has 0 saturated carbocycles. The zero-order chi connectivity index (χ0) is 19.4. The first-order chi connectivity index (χ1) is 11.4. The van der Waals surface area contributed by atoms with Gasteiger partial charge in [0.2, 0.25) is 5.84 Å². The van der Waals surface area contributed by atoms with E-state index in [1.165, 1.54) is 0 Å². The van der Waals surface area contributed by atoms with E-state index in [1.807, 2.05) is 0 Å². The summed E-state index contributed by atoms with van der Waals surface area (Å²) in [4.78, 5) is 4.49. The van der Waals surface area contributed by atoms with Gasteiger partial charge in [0.25, 0.3) is 0 Å². The maximum Gasteiger partial charge on any atom is 0.449 e. The van der Waals surface area contributed by atoms with Crippen molar-refractivity contribution in [2.75, 3.05) is 13.1 Å². The number of hydrogen-bond acceptors (Lipinski definition) is 1. The molecule has 0 amide bonds. The van der Waals surface area contributed by atoms with Crippen molar-refractivity contribution in [3.8, 4) is 0 Å². The molecule has 0 atom stereocenters. The predicted octanol–water partition coefficient (Wildman–Crippen LogP) is 6.73. The third-order valence-electron chi connectivity index (χ3n) is 3.10. The molecule has 0 aliphatic carbocycles. The van der Waals surface area contributed by atoms with Gasteiger partial charge in [0.15, 0.2) is 0 Å². The van der Waals surface area contributed by atoms with E-state index >= 15 is 0 Å². The fraction of sp³-hybridized carbons (Fsp3) is 0.533. The minimum atomic E-state index is -4.81. The smallest absolute Gasteiger partial charge is 0.353 e. The Morgan fingerprint density at radius 1 is 0.960 bits per heavy atom. The molecule has 2 nitrogen and oxygen atoms in total. The molecular weight excluding hydrogens is 393 g/mol. The molecule has 0 saturated heterocycles. The van der Waals surface area contributed by atoms with Gasteiger partial charge in [0.1, 0.15) is 5.69 Å². The Labute approximate surface area is 151 Å². The van der Waals surface area contributed by atoms with E-state index < -0.39 is 39.5 Å². The van der Waals surface area contributed by atoms with Crippen molar-refractivity contribution in [2.45, 2.75) is 39.0 Å². The summed E-state index contributed by atoms with van der Waals surface area (Å²) in [7, 11) is 0. The van der Waals surface area contributed by atoms with Crippen LogP contribution < -0.4 is 0 Å². The summed E-state index contributed by atoms with van der Waals surface area (Å²) in [6, 6.07) is 1.01. The molecule has 1 rings (SSSR count). The van der Waals surface area contributed by atoms with Crippen molar-refractivity contribution >= 4 is 34.7 Å². The van der Waals surface area contributed by atoms with Gasteiger partial charge in [-0.3, -0.25) is 0 Å². The van der Waals surface area contributed by atoms with Crippen LogP contribution in [-0.2, 0) is 6.18 Å². The van der Waals surface area contributed by atoms with Gasteiger partial charge >= 0.3 is 12.4 Å². The van der Waals surface area contributed by atoms with Crippen molar-refractivity contribution in [2.24, 2.45) is 4.99 Å². The number of alkyl halides is 6. The molecule has 1 aromatic carbocycles. The first kappa shape index (κ1) is 21.9. The maximum atomic E-state index is 13.4. The van der Waals surface area contributed by atoms with Crippen LogP contribution in [0.5, 0.6) is 0 Å². The number of rotatable bonds is 5. The van der Waals surface area contributed by atoms with Crippen molar-refractivity contribution < 1.29 is 26.3 Å². The number of halogens is 8. The summed E-state index contributed by atoms with van der Waals surface area (Å²) in [5, 5.41) is -1.20. The molecule has 25 heavy (non-hydrogen) atoms. The second-order valence-electron chi connectivity index (χ2n) is 5.21. The van der Waals surface area contributed by atoms with Gasteiger partial charge < -0.3 is 4.90 Å². The molecule has 0 bridgehead atoms. The van der Waals surface area contributed by atoms with E-state index in [9.17, 15) is 26.3 Å². The highest BCUT2D eigenvalue weighted by molar-refractivity contribution is 6.39. The Kier molecular flexibility index (Phi) is 7.43. The number of benzene rings is 1. The average molecular weight is 409 g/mol. The predicted molar refractivity (Wildman–Crippen MR) is 86.8 cm³/mol. The van der Waals surface area contributed by atoms with Gasteiger partial charge in [-0.1, -0.05) is 37.0 Å². The topological polar surface area (TPSA) is 15.6 Å². The highest BCUT2D eigenvalue weighted by atomic mass is 35.5. The molecule has 0 N–H and O–H groups in total. The first-order valence-corrected chi connectivity index (χ1v) is 8.14. The zero-order valence-corrected chi connectivity index (χ0v) is 14.9. The molecule has 0 aliphatic heterocycles.